The lowest BCUT2D eigenvalue weighted by atomic mass is 10.4. The first kappa shape index (κ1) is 12.5. The van der Waals surface area contributed by atoms with E-state index in [1.807, 2.05) is 0 Å². The van der Waals surface area contributed by atoms with Crippen LogP contribution in [0.15, 0.2) is 23.4 Å². The average molecular weight is 240 g/mol. The summed E-state index contributed by atoms with van der Waals surface area (Å²) in [5.41, 5.74) is 0.617. The molecule has 1 amide bonds. The van der Waals surface area contributed by atoms with Gasteiger partial charge >= 0.3 is 5.97 Å². The van der Waals surface area contributed by atoms with E-state index < -0.39 is 5.97 Å². The van der Waals surface area contributed by atoms with Gasteiger partial charge in [-0.05, 0) is 12.1 Å². The fourth-order valence-corrected chi connectivity index (χ4v) is 1.49. The SMILES string of the molecule is CCC(=O)Nc1ccc(SCC(=O)O)nc1. The highest BCUT2D eigenvalue weighted by Gasteiger charge is 2.02. The number of carbonyl (C=O) groups is 2. The number of pyridine rings is 1. The molecule has 0 unspecified atom stereocenters. The highest BCUT2D eigenvalue weighted by molar-refractivity contribution is 7.99. The van der Waals surface area contributed by atoms with Crippen LogP contribution in [0.25, 0.3) is 0 Å². The van der Waals surface area contributed by atoms with Gasteiger partial charge in [0, 0.05) is 6.42 Å². The highest BCUT2D eigenvalue weighted by atomic mass is 32.2. The molecule has 6 heteroatoms. The average Bonchev–Trinajstić information content (AvgIpc) is 2.28. The Morgan fingerprint density at radius 2 is 2.25 bits per heavy atom. The number of amides is 1. The molecule has 1 rings (SSSR count). The van der Waals surface area contributed by atoms with Crippen LogP contribution in [-0.2, 0) is 9.59 Å². The summed E-state index contributed by atoms with van der Waals surface area (Å²) < 4.78 is 0. The molecule has 1 aromatic rings. The molecule has 1 aromatic heterocycles. The Labute approximate surface area is 97.3 Å². The van der Waals surface area contributed by atoms with Crippen LogP contribution in [-0.4, -0.2) is 27.7 Å². The number of rotatable bonds is 5. The monoisotopic (exact) mass is 240 g/mol. The summed E-state index contributed by atoms with van der Waals surface area (Å²) in [5.74, 6) is -0.976. The quantitative estimate of drug-likeness (QED) is 0.764. The van der Waals surface area contributed by atoms with E-state index in [0.29, 0.717) is 17.1 Å². The molecular formula is C10H12N2O3S. The zero-order valence-electron chi connectivity index (χ0n) is 8.77. The van der Waals surface area contributed by atoms with Gasteiger partial charge in [0.2, 0.25) is 5.91 Å². The van der Waals surface area contributed by atoms with Crippen molar-refractivity contribution in [2.24, 2.45) is 0 Å². The smallest absolute Gasteiger partial charge is 0.313 e. The van der Waals surface area contributed by atoms with Crippen LogP contribution in [0.2, 0.25) is 0 Å². The molecule has 0 saturated carbocycles. The lowest BCUT2D eigenvalue weighted by Gasteiger charge is -2.03. The number of hydrogen-bond acceptors (Lipinski definition) is 4. The van der Waals surface area contributed by atoms with E-state index >= 15 is 0 Å². The molecule has 0 atom stereocenters. The molecule has 0 fully saturated rings. The van der Waals surface area contributed by atoms with Crippen LogP contribution < -0.4 is 5.32 Å². The molecule has 0 aliphatic heterocycles. The zero-order chi connectivity index (χ0) is 12.0. The molecule has 0 spiro atoms. The summed E-state index contributed by atoms with van der Waals surface area (Å²) in [6.07, 6.45) is 1.92. The normalized spacial score (nSPS) is 9.81. The summed E-state index contributed by atoms with van der Waals surface area (Å²) in [5, 5.41) is 11.8. The maximum Gasteiger partial charge on any atom is 0.313 e. The van der Waals surface area contributed by atoms with E-state index in [4.69, 9.17) is 5.11 Å². The number of aromatic nitrogens is 1. The van der Waals surface area contributed by atoms with Crippen molar-refractivity contribution in [3.63, 3.8) is 0 Å². The Hall–Kier alpha value is -1.56. The molecule has 16 heavy (non-hydrogen) atoms. The van der Waals surface area contributed by atoms with Gasteiger partial charge < -0.3 is 10.4 Å². The number of anilines is 1. The maximum absolute atomic E-state index is 11.1. The summed E-state index contributed by atoms with van der Waals surface area (Å²) in [7, 11) is 0. The lowest BCUT2D eigenvalue weighted by molar-refractivity contribution is -0.133. The Balaban J connectivity index is 2.54. The largest absolute Gasteiger partial charge is 0.481 e. The standard InChI is InChI=1S/C10H12N2O3S/c1-2-8(13)12-7-3-4-9(11-5-7)16-6-10(14)15/h3-5H,2,6H2,1H3,(H,12,13)(H,14,15). The van der Waals surface area contributed by atoms with Gasteiger partial charge in [-0.25, -0.2) is 4.98 Å². The molecule has 0 aromatic carbocycles. The molecule has 0 saturated heterocycles. The second-order valence-corrected chi connectivity index (χ2v) is 3.96. The minimum absolute atomic E-state index is 0.0202. The lowest BCUT2D eigenvalue weighted by Crippen LogP contribution is -2.09. The molecule has 2 N–H and O–H groups in total. The van der Waals surface area contributed by atoms with E-state index in [1.54, 1.807) is 19.1 Å². The maximum atomic E-state index is 11.1. The van der Waals surface area contributed by atoms with Gasteiger partial charge in [0.05, 0.1) is 22.7 Å². The second-order valence-electron chi connectivity index (χ2n) is 2.97. The molecule has 0 aliphatic carbocycles. The number of carboxylic acid groups (broad SMARTS) is 1. The molecule has 0 aliphatic rings. The Kier molecular flexibility index (Phi) is 4.78. The van der Waals surface area contributed by atoms with Gasteiger partial charge in [-0.15, -0.1) is 0 Å². The van der Waals surface area contributed by atoms with Crippen molar-refractivity contribution in [2.75, 3.05) is 11.1 Å². The van der Waals surface area contributed by atoms with E-state index in [-0.39, 0.29) is 11.7 Å². The fourth-order valence-electron chi connectivity index (χ4n) is 0.925. The van der Waals surface area contributed by atoms with Gasteiger partial charge in [-0.3, -0.25) is 9.59 Å². The van der Waals surface area contributed by atoms with Crippen LogP contribution in [0.3, 0.4) is 0 Å². The predicted molar refractivity (Wildman–Crippen MR) is 61.5 cm³/mol. The summed E-state index contributed by atoms with van der Waals surface area (Å²) in [4.78, 5) is 25.4. The van der Waals surface area contributed by atoms with Gasteiger partial charge in [0.25, 0.3) is 0 Å². The third kappa shape index (κ3) is 4.31. The van der Waals surface area contributed by atoms with Crippen molar-refractivity contribution in [1.29, 1.82) is 0 Å². The second kappa shape index (κ2) is 6.12. The fraction of sp³-hybridized carbons (Fsp3) is 0.300. The first-order chi connectivity index (χ1) is 7.61. The Morgan fingerprint density at radius 3 is 2.75 bits per heavy atom. The molecule has 0 radical (unpaired) electrons. The van der Waals surface area contributed by atoms with E-state index in [1.165, 1.54) is 6.20 Å². The molecule has 0 bridgehead atoms. The summed E-state index contributed by atoms with van der Waals surface area (Å²) in [6, 6.07) is 3.38. The topological polar surface area (TPSA) is 79.3 Å². The van der Waals surface area contributed by atoms with Gasteiger partial charge in [-0.1, -0.05) is 18.7 Å². The van der Waals surface area contributed by atoms with Crippen LogP contribution in [0.5, 0.6) is 0 Å². The third-order valence-electron chi connectivity index (χ3n) is 1.68. The van der Waals surface area contributed by atoms with Gasteiger partial charge in [0.15, 0.2) is 0 Å². The number of carbonyl (C=O) groups excluding carboxylic acids is 1. The number of aliphatic carboxylic acids is 1. The third-order valence-corrected chi connectivity index (χ3v) is 2.61. The van der Waals surface area contributed by atoms with Crippen molar-refractivity contribution in [3.8, 4) is 0 Å². The number of nitrogens with zero attached hydrogens (tertiary/aromatic N) is 1. The number of nitrogens with one attached hydrogen (secondary N) is 1. The van der Waals surface area contributed by atoms with Crippen molar-refractivity contribution in [1.82, 2.24) is 4.98 Å². The molecule has 1 heterocycles. The van der Waals surface area contributed by atoms with Crippen molar-refractivity contribution in [3.05, 3.63) is 18.3 Å². The summed E-state index contributed by atoms with van der Waals surface area (Å²) in [6.45, 7) is 1.76. The highest BCUT2D eigenvalue weighted by Crippen LogP contribution is 2.16. The first-order valence-corrected chi connectivity index (χ1v) is 5.71. The van der Waals surface area contributed by atoms with E-state index in [2.05, 4.69) is 10.3 Å². The van der Waals surface area contributed by atoms with E-state index in [0.717, 1.165) is 11.8 Å². The van der Waals surface area contributed by atoms with Crippen LogP contribution in [0, 0.1) is 0 Å². The van der Waals surface area contributed by atoms with E-state index in [9.17, 15) is 9.59 Å². The molecular weight excluding hydrogens is 228 g/mol. The van der Waals surface area contributed by atoms with Crippen LogP contribution >= 0.6 is 11.8 Å². The Morgan fingerprint density at radius 1 is 1.50 bits per heavy atom. The van der Waals surface area contributed by atoms with Crippen molar-refractivity contribution >= 4 is 29.3 Å². The van der Waals surface area contributed by atoms with Gasteiger partial charge in [-0.2, -0.15) is 0 Å². The number of hydrogen-bond donors (Lipinski definition) is 2. The molecule has 86 valence electrons. The minimum Gasteiger partial charge on any atom is -0.481 e. The Bertz CT molecular complexity index is 378. The predicted octanol–water partition coefficient (Wildman–Crippen LogP) is 1.61. The number of carboxylic acids is 1. The first-order valence-electron chi connectivity index (χ1n) is 4.72. The van der Waals surface area contributed by atoms with Crippen molar-refractivity contribution < 1.29 is 14.7 Å². The zero-order valence-corrected chi connectivity index (χ0v) is 9.58. The minimum atomic E-state index is -0.879. The number of thioether (sulfide) groups is 1. The van der Waals surface area contributed by atoms with Crippen molar-refractivity contribution in [2.45, 2.75) is 18.4 Å². The van der Waals surface area contributed by atoms with Crippen LogP contribution in [0.1, 0.15) is 13.3 Å². The molecule has 5 nitrogen and oxygen atoms in total. The van der Waals surface area contributed by atoms with Crippen LogP contribution in [0.4, 0.5) is 5.69 Å². The van der Waals surface area contributed by atoms with Gasteiger partial charge in [0.1, 0.15) is 0 Å². The summed E-state index contributed by atoms with van der Waals surface area (Å²) >= 11 is 1.14.